The van der Waals surface area contributed by atoms with Gasteiger partial charge >= 0.3 is 13.1 Å². The molecule has 0 aromatic carbocycles. The van der Waals surface area contributed by atoms with Gasteiger partial charge in [-0.15, -0.1) is 0 Å². The normalized spacial score (nSPS) is 19.4. The van der Waals surface area contributed by atoms with Gasteiger partial charge in [-0.2, -0.15) is 0 Å². The number of methoxy groups -OCH3 is 1. The van der Waals surface area contributed by atoms with Crippen LogP contribution in [-0.2, 0) is 18.8 Å². The minimum Gasteiger partial charge on any atom is -0.466 e. The van der Waals surface area contributed by atoms with Gasteiger partial charge in [-0.3, -0.25) is 0 Å². The highest BCUT2D eigenvalue weighted by Gasteiger charge is 2.51. The molecule has 6 nitrogen and oxygen atoms in total. The van der Waals surface area contributed by atoms with Crippen LogP contribution in [0.25, 0.3) is 0 Å². The molecule has 1 aromatic rings. The highest BCUT2D eigenvalue weighted by Crippen LogP contribution is 2.36. The summed E-state index contributed by atoms with van der Waals surface area (Å²) < 4.78 is 21.7. The third kappa shape index (κ3) is 3.36. The highest BCUT2D eigenvalue weighted by atomic mass is 16.7. The summed E-state index contributed by atoms with van der Waals surface area (Å²) in [6.07, 6.45) is 1.59. The van der Waals surface area contributed by atoms with Crippen LogP contribution in [0, 0.1) is 0 Å². The van der Waals surface area contributed by atoms with E-state index in [4.69, 9.17) is 14.0 Å². The predicted octanol–water partition coefficient (Wildman–Crippen LogP) is 0.933. The first kappa shape index (κ1) is 15.8. The van der Waals surface area contributed by atoms with Crippen LogP contribution >= 0.6 is 0 Å². The zero-order chi connectivity index (χ0) is 15.7. The lowest BCUT2D eigenvalue weighted by Crippen LogP contribution is -2.41. The molecule has 0 N–H and O–H groups in total. The molecule has 2 rings (SSSR count). The molecule has 0 unspecified atom stereocenters. The van der Waals surface area contributed by atoms with Gasteiger partial charge in [0, 0.05) is 12.3 Å². The number of carbonyl (C=O) groups is 1. The molecule has 0 amide bonds. The van der Waals surface area contributed by atoms with Crippen LogP contribution in [0.3, 0.4) is 0 Å². The van der Waals surface area contributed by atoms with E-state index < -0.39 is 24.3 Å². The van der Waals surface area contributed by atoms with Crippen molar-refractivity contribution in [2.75, 3.05) is 13.7 Å². The van der Waals surface area contributed by atoms with E-state index in [9.17, 15) is 4.79 Å². The van der Waals surface area contributed by atoms with E-state index in [1.165, 1.54) is 7.11 Å². The number of pyridine rings is 1. The first-order valence-electron chi connectivity index (χ1n) is 6.76. The Labute approximate surface area is 124 Å². The van der Waals surface area contributed by atoms with Crippen LogP contribution in [0.5, 0.6) is 5.88 Å². The van der Waals surface area contributed by atoms with Crippen molar-refractivity contribution in [2.24, 2.45) is 0 Å². The molecule has 0 spiro atoms. The molecule has 1 saturated heterocycles. The van der Waals surface area contributed by atoms with Gasteiger partial charge in [0.1, 0.15) is 0 Å². The molecule has 7 heteroatoms. The third-order valence-electron chi connectivity index (χ3n) is 3.85. The fourth-order valence-electron chi connectivity index (χ4n) is 1.82. The van der Waals surface area contributed by atoms with Gasteiger partial charge in [-0.25, -0.2) is 9.78 Å². The van der Waals surface area contributed by atoms with Gasteiger partial charge in [0.2, 0.25) is 5.88 Å². The van der Waals surface area contributed by atoms with Crippen molar-refractivity contribution < 1.29 is 23.6 Å². The zero-order valence-electron chi connectivity index (χ0n) is 13.0. The molecule has 1 aromatic heterocycles. The number of esters is 1. The van der Waals surface area contributed by atoms with Crippen LogP contribution in [0.1, 0.15) is 27.7 Å². The van der Waals surface area contributed by atoms with E-state index in [0.717, 1.165) is 5.46 Å². The molecule has 114 valence electrons. The molecular formula is C14H20BNO5. The Hall–Kier alpha value is -1.60. The lowest BCUT2D eigenvalue weighted by atomic mass is 9.80. The van der Waals surface area contributed by atoms with Crippen LogP contribution in [0.2, 0.25) is 0 Å². The second kappa shape index (κ2) is 5.65. The van der Waals surface area contributed by atoms with E-state index in [0.29, 0.717) is 5.88 Å². The number of hydrogen-bond acceptors (Lipinski definition) is 6. The van der Waals surface area contributed by atoms with Gasteiger partial charge in [0.05, 0.1) is 18.3 Å². The van der Waals surface area contributed by atoms with E-state index in [1.807, 2.05) is 27.7 Å². The Kier molecular flexibility index (Phi) is 4.25. The number of nitrogens with zero attached hydrogens (tertiary/aromatic N) is 1. The first-order valence-corrected chi connectivity index (χ1v) is 6.76. The number of rotatable bonds is 4. The molecule has 1 fully saturated rings. The fraction of sp³-hybridized carbons (Fsp3) is 0.571. The maximum absolute atomic E-state index is 11.1. The minimum atomic E-state index is -0.488. The van der Waals surface area contributed by atoms with Crippen molar-refractivity contribution in [2.45, 2.75) is 38.9 Å². The van der Waals surface area contributed by atoms with Gasteiger partial charge in [-0.1, -0.05) is 0 Å². The summed E-state index contributed by atoms with van der Waals surface area (Å²) >= 11 is 0. The maximum Gasteiger partial charge on any atom is 0.495 e. The molecule has 0 bridgehead atoms. The number of carbonyl (C=O) groups excluding carboxylic acids is 1. The summed E-state index contributed by atoms with van der Waals surface area (Å²) in [5, 5.41) is 0. The predicted molar refractivity (Wildman–Crippen MR) is 77.5 cm³/mol. The number of ether oxygens (including phenoxy) is 2. The molecular weight excluding hydrogens is 273 g/mol. The van der Waals surface area contributed by atoms with Crippen molar-refractivity contribution in [1.29, 1.82) is 0 Å². The Balaban J connectivity index is 2.10. The Morgan fingerprint density at radius 2 is 1.90 bits per heavy atom. The van der Waals surface area contributed by atoms with Crippen molar-refractivity contribution in [3.8, 4) is 5.88 Å². The SMILES string of the molecule is COC(=O)COc1cc(B2OC(C)(C)C(C)(C)O2)ccn1. The summed E-state index contributed by atoms with van der Waals surface area (Å²) in [5.41, 5.74) is -0.0226. The molecule has 21 heavy (non-hydrogen) atoms. The third-order valence-corrected chi connectivity index (χ3v) is 3.85. The van der Waals surface area contributed by atoms with Gasteiger partial charge in [-0.05, 0) is 39.2 Å². The van der Waals surface area contributed by atoms with Gasteiger partial charge in [0.25, 0.3) is 0 Å². The van der Waals surface area contributed by atoms with Crippen LogP contribution in [-0.4, -0.2) is 43.0 Å². The van der Waals surface area contributed by atoms with Crippen molar-refractivity contribution >= 4 is 18.6 Å². The molecule has 0 atom stereocenters. The van der Waals surface area contributed by atoms with E-state index in [2.05, 4.69) is 9.72 Å². The van der Waals surface area contributed by atoms with Crippen molar-refractivity contribution in [3.05, 3.63) is 18.3 Å². The first-order chi connectivity index (χ1) is 9.75. The summed E-state index contributed by atoms with van der Waals surface area (Å²) in [7, 11) is 0.818. The average molecular weight is 293 g/mol. The standard InChI is InChI=1S/C14H20BNO5/c1-13(2)14(3,4)21-15(20-13)10-6-7-16-11(8-10)19-9-12(17)18-5/h6-8H,9H2,1-5H3. The van der Waals surface area contributed by atoms with E-state index in [-0.39, 0.29) is 6.61 Å². The van der Waals surface area contributed by atoms with E-state index in [1.54, 1.807) is 18.3 Å². The monoisotopic (exact) mass is 293 g/mol. The lowest BCUT2D eigenvalue weighted by Gasteiger charge is -2.32. The van der Waals surface area contributed by atoms with Gasteiger partial charge < -0.3 is 18.8 Å². The Morgan fingerprint density at radius 1 is 1.29 bits per heavy atom. The zero-order valence-corrected chi connectivity index (χ0v) is 13.0. The largest absolute Gasteiger partial charge is 0.495 e. The topological polar surface area (TPSA) is 66.9 Å². The highest BCUT2D eigenvalue weighted by molar-refractivity contribution is 6.62. The number of aromatic nitrogens is 1. The van der Waals surface area contributed by atoms with Crippen LogP contribution in [0.15, 0.2) is 18.3 Å². The number of hydrogen-bond donors (Lipinski definition) is 0. The summed E-state index contributed by atoms with van der Waals surface area (Å²) in [4.78, 5) is 15.1. The molecule has 0 radical (unpaired) electrons. The second-order valence-corrected chi connectivity index (χ2v) is 5.88. The van der Waals surface area contributed by atoms with Crippen LogP contribution < -0.4 is 10.2 Å². The Bertz CT molecular complexity index is 516. The summed E-state index contributed by atoms with van der Waals surface area (Å²) in [6.45, 7) is 7.77. The fourth-order valence-corrected chi connectivity index (χ4v) is 1.82. The molecule has 2 heterocycles. The maximum atomic E-state index is 11.1. The molecule has 1 aliphatic heterocycles. The minimum absolute atomic E-state index is 0.184. The van der Waals surface area contributed by atoms with Crippen molar-refractivity contribution in [3.63, 3.8) is 0 Å². The molecule has 0 saturated carbocycles. The smallest absolute Gasteiger partial charge is 0.466 e. The van der Waals surface area contributed by atoms with Crippen LogP contribution in [0.4, 0.5) is 0 Å². The molecule has 0 aliphatic carbocycles. The summed E-state index contributed by atoms with van der Waals surface area (Å²) in [5.74, 6) is -0.134. The average Bonchev–Trinajstić information content (AvgIpc) is 2.65. The summed E-state index contributed by atoms with van der Waals surface area (Å²) in [6, 6.07) is 3.50. The van der Waals surface area contributed by atoms with Gasteiger partial charge in [0.15, 0.2) is 6.61 Å². The van der Waals surface area contributed by atoms with E-state index >= 15 is 0 Å². The molecule has 1 aliphatic rings. The Morgan fingerprint density at radius 3 is 2.48 bits per heavy atom. The van der Waals surface area contributed by atoms with Crippen molar-refractivity contribution in [1.82, 2.24) is 4.98 Å². The second-order valence-electron chi connectivity index (χ2n) is 5.88. The quantitative estimate of drug-likeness (QED) is 0.608. The lowest BCUT2D eigenvalue weighted by molar-refractivity contribution is -0.143.